The number of aryl methyl sites for hydroxylation is 1. The van der Waals surface area contributed by atoms with E-state index in [-0.39, 0.29) is 5.91 Å². The number of nitrogens with zero attached hydrogens (tertiary/aromatic N) is 3. The SMILES string of the molecule is Nc1ccc(-c2cccs2)cc1NC(=O)CCc1cn(Cc2ccc3ccccc3c2)nn1. The zero-order chi connectivity index (χ0) is 22.6. The largest absolute Gasteiger partial charge is 0.397 e. The number of thiophene rings is 1. The molecule has 0 aliphatic rings. The van der Waals surface area contributed by atoms with E-state index < -0.39 is 0 Å². The predicted molar refractivity (Wildman–Crippen MR) is 134 cm³/mol. The normalized spacial score (nSPS) is 11.0. The van der Waals surface area contributed by atoms with E-state index in [1.807, 2.05) is 54.0 Å². The van der Waals surface area contributed by atoms with Gasteiger partial charge in [-0.25, -0.2) is 4.68 Å². The van der Waals surface area contributed by atoms with Gasteiger partial charge in [0.2, 0.25) is 5.91 Å². The van der Waals surface area contributed by atoms with Gasteiger partial charge in [0.1, 0.15) is 0 Å². The first-order chi connectivity index (χ1) is 16.1. The van der Waals surface area contributed by atoms with Gasteiger partial charge in [0.25, 0.3) is 0 Å². The van der Waals surface area contributed by atoms with E-state index in [9.17, 15) is 4.79 Å². The van der Waals surface area contributed by atoms with Gasteiger partial charge in [-0.05, 0) is 51.5 Å². The first-order valence-corrected chi connectivity index (χ1v) is 11.6. The van der Waals surface area contributed by atoms with E-state index in [4.69, 9.17) is 5.73 Å². The summed E-state index contributed by atoms with van der Waals surface area (Å²) in [6.07, 6.45) is 2.71. The zero-order valence-corrected chi connectivity index (χ0v) is 18.8. The van der Waals surface area contributed by atoms with Crippen LogP contribution >= 0.6 is 11.3 Å². The van der Waals surface area contributed by atoms with Gasteiger partial charge in [0, 0.05) is 23.9 Å². The number of benzene rings is 3. The third kappa shape index (κ3) is 4.94. The van der Waals surface area contributed by atoms with Crippen molar-refractivity contribution in [3.63, 3.8) is 0 Å². The van der Waals surface area contributed by atoms with Crippen LogP contribution in [0.2, 0.25) is 0 Å². The van der Waals surface area contributed by atoms with Crippen LogP contribution < -0.4 is 11.1 Å². The zero-order valence-electron chi connectivity index (χ0n) is 17.9. The van der Waals surface area contributed by atoms with Crippen LogP contribution in [-0.4, -0.2) is 20.9 Å². The number of fused-ring (bicyclic) bond motifs is 1. The molecule has 0 saturated heterocycles. The van der Waals surface area contributed by atoms with Crippen molar-refractivity contribution in [2.75, 3.05) is 11.1 Å². The molecule has 0 aliphatic heterocycles. The van der Waals surface area contributed by atoms with E-state index in [2.05, 4.69) is 46.0 Å². The Morgan fingerprint density at radius 2 is 1.88 bits per heavy atom. The third-order valence-electron chi connectivity index (χ3n) is 5.49. The lowest BCUT2D eigenvalue weighted by Gasteiger charge is -2.09. The number of hydrogen-bond donors (Lipinski definition) is 2. The van der Waals surface area contributed by atoms with Gasteiger partial charge in [-0.3, -0.25) is 4.79 Å². The highest BCUT2D eigenvalue weighted by atomic mass is 32.1. The number of nitrogens with one attached hydrogen (secondary N) is 1. The molecule has 0 fully saturated rings. The van der Waals surface area contributed by atoms with Crippen LogP contribution in [0.15, 0.2) is 84.4 Å². The summed E-state index contributed by atoms with van der Waals surface area (Å²) >= 11 is 1.65. The van der Waals surface area contributed by atoms with Crippen molar-refractivity contribution in [1.82, 2.24) is 15.0 Å². The van der Waals surface area contributed by atoms with Gasteiger partial charge in [0.15, 0.2) is 0 Å². The maximum atomic E-state index is 12.5. The third-order valence-corrected chi connectivity index (χ3v) is 6.40. The average molecular weight is 454 g/mol. The van der Waals surface area contributed by atoms with Crippen molar-refractivity contribution < 1.29 is 4.79 Å². The Morgan fingerprint density at radius 3 is 2.73 bits per heavy atom. The molecule has 6 nitrogen and oxygen atoms in total. The second-order valence-electron chi connectivity index (χ2n) is 7.92. The molecule has 0 unspecified atom stereocenters. The molecule has 7 heteroatoms. The quantitative estimate of drug-likeness (QED) is 0.325. The molecule has 0 spiro atoms. The highest BCUT2D eigenvalue weighted by Crippen LogP contribution is 2.30. The number of amides is 1. The molecule has 5 aromatic rings. The fraction of sp³-hybridized carbons (Fsp3) is 0.115. The molecule has 5 rings (SSSR count). The van der Waals surface area contributed by atoms with Crippen molar-refractivity contribution in [1.29, 1.82) is 0 Å². The lowest BCUT2D eigenvalue weighted by Crippen LogP contribution is -2.13. The van der Waals surface area contributed by atoms with Crippen LogP contribution in [0.4, 0.5) is 11.4 Å². The number of carbonyl (C=O) groups excluding carboxylic acids is 1. The van der Waals surface area contributed by atoms with E-state index in [1.165, 1.54) is 10.8 Å². The monoisotopic (exact) mass is 453 g/mol. The van der Waals surface area contributed by atoms with Crippen molar-refractivity contribution in [2.45, 2.75) is 19.4 Å². The lowest BCUT2D eigenvalue weighted by molar-refractivity contribution is -0.116. The Labute approximate surface area is 195 Å². The van der Waals surface area contributed by atoms with Crippen LogP contribution in [-0.2, 0) is 17.8 Å². The van der Waals surface area contributed by atoms with Crippen LogP contribution in [0.1, 0.15) is 17.7 Å². The molecule has 2 aromatic heterocycles. The molecule has 2 heterocycles. The first-order valence-electron chi connectivity index (χ1n) is 10.7. The molecule has 33 heavy (non-hydrogen) atoms. The second kappa shape index (κ2) is 9.26. The van der Waals surface area contributed by atoms with Crippen LogP contribution in [0, 0.1) is 0 Å². The van der Waals surface area contributed by atoms with Crippen LogP contribution in [0.25, 0.3) is 21.2 Å². The number of rotatable bonds is 7. The van der Waals surface area contributed by atoms with Crippen molar-refractivity contribution in [3.8, 4) is 10.4 Å². The maximum absolute atomic E-state index is 12.5. The van der Waals surface area contributed by atoms with E-state index in [1.54, 1.807) is 16.0 Å². The van der Waals surface area contributed by atoms with Crippen molar-refractivity contribution in [2.24, 2.45) is 0 Å². The second-order valence-corrected chi connectivity index (χ2v) is 8.86. The Kier molecular flexibility index (Phi) is 5.87. The van der Waals surface area contributed by atoms with Gasteiger partial charge in [-0.1, -0.05) is 53.7 Å². The Hall–Kier alpha value is -3.97. The molecule has 0 atom stereocenters. The molecule has 1 amide bonds. The molecule has 0 saturated carbocycles. The summed E-state index contributed by atoms with van der Waals surface area (Å²) in [4.78, 5) is 13.7. The summed E-state index contributed by atoms with van der Waals surface area (Å²) in [7, 11) is 0. The minimum absolute atomic E-state index is 0.103. The Morgan fingerprint density at radius 1 is 1.00 bits per heavy atom. The molecule has 164 valence electrons. The van der Waals surface area contributed by atoms with Crippen molar-refractivity contribution in [3.05, 3.63) is 95.6 Å². The maximum Gasteiger partial charge on any atom is 0.224 e. The van der Waals surface area contributed by atoms with Gasteiger partial charge in [-0.15, -0.1) is 16.4 Å². The lowest BCUT2D eigenvalue weighted by atomic mass is 10.1. The molecule has 0 bridgehead atoms. The summed E-state index contributed by atoms with van der Waals surface area (Å²) in [5.74, 6) is -0.103. The van der Waals surface area contributed by atoms with Gasteiger partial charge in [0.05, 0.1) is 23.6 Å². The fourth-order valence-corrected chi connectivity index (χ4v) is 4.49. The van der Waals surface area contributed by atoms with Gasteiger partial charge in [-0.2, -0.15) is 0 Å². The Balaban J connectivity index is 1.19. The number of anilines is 2. The highest BCUT2D eigenvalue weighted by molar-refractivity contribution is 7.13. The Bertz CT molecular complexity index is 1410. The number of aromatic nitrogens is 3. The number of hydrogen-bond acceptors (Lipinski definition) is 5. The topological polar surface area (TPSA) is 85.8 Å². The average Bonchev–Trinajstić information content (AvgIpc) is 3.52. The molecular weight excluding hydrogens is 430 g/mol. The van der Waals surface area contributed by atoms with E-state index >= 15 is 0 Å². The van der Waals surface area contributed by atoms with Gasteiger partial charge >= 0.3 is 0 Å². The fourth-order valence-electron chi connectivity index (χ4n) is 3.77. The molecule has 0 radical (unpaired) electrons. The summed E-state index contributed by atoms with van der Waals surface area (Å²) in [5, 5.41) is 15.8. The van der Waals surface area contributed by atoms with E-state index in [0.717, 1.165) is 21.7 Å². The predicted octanol–water partition coefficient (Wildman–Crippen LogP) is 5.36. The number of nitrogen functional groups attached to an aromatic ring is 1. The highest BCUT2D eigenvalue weighted by Gasteiger charge is 2.10. The molecular formula is C26H23N5OS. The van der Waals surface area contributed by atoms with Crippen molar-refractivity contribution >= 4 is 39.4 Å². The number of carbonyl (C=O) groups is 1. The standard InChI is InChI=1S/C26H23N5OS/c27-23-11-9-21(25-6-3-13-33-25)15-24(23)28-26(32)12-10-22-17-31(30-29-22)16-18-7-8-19-4-1-2-5-20(19)14-18/h1-9,11,13-15,17H,10,12,16,27H2,(H,28,32). The van der Waals surface area contributed by atoms with Gasteiger partial charge < -0.3 is 11.1 Å². The van der Waals surface area contributed by atoms with Crippen LogP contribution in [0.5, 0.6) is 0 Å². The molecule has 3 N–H and O–H groups in total. The summed E-state index contributed by atoms with van der Waals surface area (Å²) < 4.78 is 1.81. The number of nitrogens with two attached hydrogens (primary N) is 1. The molecule has 3 aromatic carbocycles. The minimum atomic E-state index is -0.103. The van der Waals surface area contributed by atoms with Crippen LogP contribution in [0.3, 0.4) is 0 Å². The summed E-state index contributed by atoms with van der Waals surface area (Å²) in [6.45, 7) is 0.635. The van der Waals surface area contributed by atoms with E-state index in [0.29, 0.717) is 30.8 Å². The minimum Gasteiger partial charge on any atom is -0.397 e. The smallest absolute Gasteiger partial charge is 0.224 e. The molecule has 0 aliphatic carbocycles. The summed E-state index contributed by atoms with van der Waals surface area (Å²) in [6, 6.07) is 24.4. The summed E-state index contributed by atoms with van der Waals surface area (Å²) in [5.41, 5.74) is 10.2. The first kappa shape index (κ1) is 20.9.